The van der Waals surface area contributed by atoms with Crippen LogP contribution in [0.4, 0.5) is 0 Å². The van der Waals surface area contributed by atoms with Crippen LogP contribution in [0, 0.1) is 12.8 Å². The van der Waals surface area contributed by atoms with Gasteiger partial charge in [0.15, 0.2) is 0 Å². The van der Waals surface area contributed by atoms with Gasteiger partial charge in [-0.15, -0.1) is 0 Å². The van der Waals surface area contributed by atoms with Crippen molar-refractivity contribution in [3.63, 3.8) is 0 Å². The van der Waals surface area contributed by atoms with Crippen LogP contribution in [-0.2, 0) is 17.8 Å². The summed E-state index contributed by atoms with van der Waals surface area (Å²) < 4.78 is 5.42. The number of halogens is 1. The van der Waals surface area contributed by atoms with E-state index in [4.69, 9.17) is 16.1 Å². The van der Waals surface area contributed by atoms with Crippen LogP contribution in [0.3, 0.4) is 0 Å². The Morgan fingerprint density at radius 1 is 1.19 bits per heavy atom. The lowest BCUT2D eigenvalue weighted by Gasteiger charge is -2.30. The Kier molecular flexibility index (Phi) is 7.55. The maximum Gasteiger partial charge on any atom is 0.241 e. The molecule has 0 saturated carbocycles. The summed E-state index contributed by atoms with van der Waals surface area (Å²) in [6.07, 6.45) is 3.65. The van der Waals surface area contributed by atoms with E-state index >= 15 is 0 Å². The van der Waals surface area contributed by atoms with Gasteiger partial charge in [0.25, 0.3) is 0 Å². The zero-order chi connectivity index (χ0) is 22.3. The molecule has 168 valence electrons. The highest BCUT2D eigenvalue weighted by Crippen LogP contribution is 2.21. The second-order valence-corrected chi connectivity index (χ2v) is 8.89. The molecule has 2 heterocycles. The molecule has 7 heteroatoms. The number of amides is 1. The van der Waals surface area contributed by atoms with Crippen molar-refractivity contribution < 1.29 is 9.32 Å². The smallest absolute Gasteiger partial charge is 0.241 e. The van der Waals surface area contributed by atoms with Gasteiger partial charge in [0, 0.05) is 23.0 Å². The van der Waals surface area contributed by atoms with Crippen LogP contribution < -0.4 is 5.32 Å². The number of carbonyl (C=O) groups is 1. The number of rotatable bonds is 8. The molecule has 0 atom stereocenters. The molecule has 0 unspecified atom stereocenters. The molecule has 0 aliphatic carbocycles. The number of benzene rings is 2. The fourth-order valence-corrected chi connectivity index (χ4v) is 4.22. The highest BCUT2D eigenvalue weighted by atomic mass is 35.5. The highest BCUT2D eigenvalue weighted by Gasteiger charge is 2.25. The van der Waals surface area contributed by atoms with E-state index in [1.165, 1.54) is 11.1 Å². The third kappa shape index (κ3) is 6.17. The Bertz CT molecular complexity index is 1030. The first kappa shape index (κ1) is 22.5. The van der Waals surface area contributed by atoms with E-state index in [2.05, 4.69) is 51.5 Å². The Labute approximate surface area is 194 Å². The lowest BCUT2D eigenvalue weighted by Crippen LogP contribution is -2.40. The predicted octanol–water partition coefficient (Wildman–Crippen LogP) is 4.66. The van der Waals surface area contributed by atoms with Crippen molar-refractivity contribution in [2.24, 2.45) is 5.92 Å². The Morgan fingerprint density at radius 3 is 2.72 bits per heavy atom. The minimum Gasteiger partial charge on any atom is -0.356 e. The zero-order valence-electron chi connectivity index (χ0n) is 18.4. The average Bonchev–Trinajstić information content (AvgIpc) is 3.26. The molecule has 1 amide bonds. The standard InChI is InChI=1S/C25H29ClN4O2/c1-18-4-2-5-19(16-18)6-3-13-27-25(31)21-11-14-30(15-12-21)17-23-28-24(29-32-23)20-7-9-22(26)10-8-20/h2,4-5,7-10,16,21H,3,6,11-15,17H2,1H3,(H,27,31). The third-order valence-corrected chi connectivity index (χ3v) is 6.16. The van der Waals surface area contributed by atoms with Crippen LogP contribution in [0.2, 0.25) is 5.02 Å². The number of hydrogen-bond donors (Lipinski definition) is 1. The van der Waals surface area contributed by atoms with Gasteiger partial charge in [-0.25, -0.2) is 0 Å². The quantitative estimate of drug-likeness (QED) is 0.503. The van der Waals surface area contributed by atoms with E-state index in [9.17, 15) is 4.79 Å². The fraction of sp³-hybridized carbons (Fsp3) is 0.400. The van der Waals surface area contributed by atoms with Crippen LogP contribution in [-0.4, -0.2) is 40.6 Å². The van der Waals surface area contributed by atoms with Gasteiger partial charge in [-0.1, -0.05) is 46.6 Å². The second kappa shape index (κ2) is 10.7. The Morgan fingerprint density at radius 2 is 1.97 bits per heavy atom. The topological polar surface area (TPSA) is 71.3 Å². The summed E-state index contributed by atoms with van der Waals surface area (Å²) in [5.41, 5.74) is 3.48. The second-order valence-electron chi connectivity index (χ2n) is 8.45. The third-order valence-electron chi connectivity index (χ3n) is 5.91. The first-order valence-corrected chi connectivity index (χ1v) is 11.6. The molecular weight excluding hydrogens is 424 g/mol. The van der Waals surface area contributed by atoms with E-state index in [1.807, 2.05) is 24.3 Å². The van der Waals surface area contributed by atoms with Crippen molar-refractivity contribution >= 4 is 17.5 Å². The normalized spacial score (nSPS) is 15.1. The van der Waals surface area contributed by atoms with Crippen LogP contribution in [0.15, 0.2) is 53.1 Å². The lowest BCUT2D eigenvalue weighted by atomic mass is 9.96. The van der Waals surface area contributed by atoms with Gasteiger partial charge in [-0.05, 0) is 75.5 Å². The molecule has 6 nitrogen and oxygen atoms in total. The maximum absolute atomic E-state index is 12.5. The number of piperidine rings is 1. The fourth-order valence-electron chi connectivity index (χ4n) is 4.10. The lowest BCUT2D eigenvalue weighted by molar-refractivity contribution is -0.126. The minimum absolute atomic E-state index is 0.0810. The number of aromatic nitrogens is 2. The van der Waals surface area contributed by atoms with Crippen molar-refractivity contribution in [2.45, 2.75) is 39.2 Å². The van der Waals surface area contributed by atoms with Crippen molar-refractivity contribution in [1.29, 1.82) is 0 Å². The van der Waals surface area contributed by atoms with E-state index in [0.717, 1.165) is 50.9 Å². The molecule has 1 aliphatic heterocycles. The van der Waals surface area contributed by atoms with Crippen LogP contribution in [0.5, 0.6) is 0 Å². The molecule has 32 heavy (non-hydrogen) atoms. The summed E-state index contributed by atoms with van der Waals surface area (Å²) in [5, 5.41) is 7.87. The van der Waals surface area contributed by atoms with Crippen molar-refractivity contribution in [3.8, 4) is 11.4 Å². The molecule has 1 saturated heterocycles. The monoisotopic (exact) mass is 452 g/mol. The van der Waals surface area contributed by atoms with E-state index in [-0.39, 0.29) is 11.8 Å². The SMILES string of the molecule is Cc1cccc(CCCNC(=O)C2CCN(Cc3nc(-c4ccc(Cl)cc4)no3)CC2)c1. The van der Waals surface area contributed by atoms with Gasteiger partial charge < -0.3 is 9.84 Å². The van der Waals surface area contributed by atoms with Crippen LogP contribution in [0.25, 0.3) is 11.4 Å². The molecule has 1 N–H and O–H groups in total. The van der Waals surface area contributed by atoms with Gasteiger partial charge in [0.2, 0.25) is 17.6 Å². The van der Waals surface area contributed by atoms with E-state index < -0.39 is 0 Å². The number of nitrogens with one attached hydrogen (secondary N) is 1. The first-order valence-electron chi connectivity index (χ1n) is 11.2. The van der Waals surface area contributed by atoms with Gasteiger partial charge in [-0.3, -0.25) is 9.69 Å². The average molecular weight is 453 g/mol. The van der Waals surface area contributed by atoms with Crippen molar-refractivity contribution in [3.05, 3.63) is 70.6 Å². The molecule has 0 radical (unpaired) electrons. The Hall–Kier alpha value is -2.70. The van der Waals surface area contributed by atoms with Crippen LogP contribution >= 0.6 is 11.6 Å². The largest absolute Gasteiger partial charge is 0.356 e. The van der Waals surface area contributed by atoms with Crippen molar-refractivity contribution in [2.75, 3.05) is 19.6 Å². The number of aryl methyl sites for hydroxylation is 2. The molecule has 1 aliphatic rings. The number of carbonyl (C=O) groups excluding carboxylic acids is 1. The zero-order valence-corrected chi connectivity index (χ0v) is 19.1. The first-order chi connectivity index (χ1) is 15.6. The van der Waals surface area contributed by atoms with Crippen molar-refractivity contribution in [1.82, 2.24) is 20.4 Å². The molecule has 3 aromatic rings. The predicted molar refractivity (Wildman–Crippen MR) is 125 cm³/mol. The van der Waals surface area contributed by atoms with Gasteiger partial charge in [0.1, 0.15) is 0 Å². The number of nitrogens with zero attached hydrogens (tertiary/aromatic N) is 3. The van der Waals surface area contributed by atoms with E-state index in [0.29, 0.717) is 23.3 Å². The van der Waals surface area contributed by atoms with E-state index in [1.54, 1.807) is 0 Å². The summed E-state index contributed by atoms with van der Waals surface area (Å²) in [4.78, 5) is 19.3. The molecule has 0 spiro atoms. The molecule has 0 bridgehead atoms. The Balaban J connectivity index is 1.17. The van der Waals surface area contributed by atoms with Gasteiger partial charge in [0.05, 0.1) is 6.54 Å². The minimum atomic E-state index is 0.0810. The number of hydrogen-bond acceptors (Lipinski definition) is 5. The van der Waals surface area contributed by atoms with Gasteiger partial charge >= 0.3 is 0 Å². The molecule has 1 fully saturated rings. The van der Waals surface area contributed by atoms with Gasteiger partial charge in [-0.2, -0.15) is 4.98 Å². The maximum atomic E-state index is 12.5. The number of likely N-dealkylation sites (tertiary alicyclic amines) is 1. The summed E-state index contributed by atoms with van der Waals surface area (Å²) in [5.74, 6) is 1.42. The molecular formula is C25H29ClN4O2. The summed E-state index contributed by atoms with van der Waals surface area (Å²) in [6.45, 7) is 5.13. The van der Waals surface area contributed by atoms with Crippen LogP contribution in [0.1, 0.15) is 36.3 Å². The summed E-state index contributed by atoms with van der Waals surface area (Å²) in [6, 6.07) is 15.9. The molecule has 4 rings (SSSR count). The summed E-state index contributed by atoms with van der Waals surface area (Å²) in [7, 11) is 0. The molecule has 1 aromatic heterocycles. The highest BCUT2D eigenvalue weighted by molar-refractivity contribution is 6.30. The molecule has 2 aromatic carbocycles. The summed E-state index contributed by atoms with van der Waals surface area (Å²) >= 11 is 5.93.